The van der Waals surface area contributed by atoms with Gasteiger partial charge in [-0.25, -0.2) is 0 Å². The first-order chi connectivity index (χ1) is 13.0. The summed E-state index contributed by atoms with van der Waals surface area (Å²) < 4.78 is 12.5. The number of ether oxygens (including phenoxy) is 1. The molecule has 2 aromatic heterocycles. The Labute approximate surface area is 155 Å². The van der Waals surface area contributed by atoms with Gasteiger partial charge in [-0.15, -0.1) is 0 Å². The zero-order chi connectivity index (χ0) is 19.0. The number of aryl methyl sites for hydroxylation is 2. The van der Waals surface area contributed by atoms with Gasteiger partial charge in [0, 0.05) is 25.2 Å². The van der Waals surface area contributed by atoms with E-state index in [1.807, 2.05) is 19.1 Å². The van der Waals surface area contributed by atoms with E-state index < -0.39 is 5.91 Å². The average molecular weight is 368 g/mol. The summed E-state index contributed by atoms with van der Waals surface area (Å²) >= 11 is 0. The molecule has 0 spiro atoms. The molecule has 8 heteroatoms. The molecular weight excluding hydrogens is 348 g/mol. The van der Waals surface area contributed by atoms with Crippen LogP contribution in [0.3, 0.4) is 0 Å². The molecule has 1 aromatic carbocycles. The Morgan fingerprint density at radius 2 is 2.26 bits per heavy atom. The van der Waals surface area contributed by atoms with Crippen LogP contribution in [-0.4, -0.2) is 27.2 Å². The van der Waals surface area contributed by atoms with Gasteiger partial charge in [0.2, 0.25) is 5.43 Å². The first-order valence-electron chi connectivity index (χ1n) is 8.85. The number of carbonyl (C=O) groups excluding carboxylic acids is 1. The van der Waals surface area contributed by atoms with Crippen LogP contribution in [0.25, 0.3) is 10.9 Å². The van der Waals surface area contributed by atoms with E-state index in [1.165, 1.54) is 0 Å². The number of hydrogen-bond donors (Lipinski definition) is 1. The van der Waals surface area contributed by atoms with Gasteiger partial charge in [-0.1, -0.05) is 16.8 Å². The van der Waals surface area contributed by atoms with Crippen molar-refractivity contribution < 1.29 is 14.1 Å². The van der Waals surface area contributed by atoms with E-state index in [1.54, 1.807) is 23.9 Å². The number of pyridine rings is 1. The van der Waals surface area contributed by atoms with Gasteiger partial charge in [0.05, 0.1) is 12.1 Å². The molecule has 0 aliphatic carbocycles. The number of rotatable bonds is 4. The van der Waals surface area contributed by atoms with Crippen LogP contribution in [0.5, 0.6) is 0 Å². The zero-order valence-corrected chi connectivity index (χ0v) is 15.2. The van der Waals surface area contributed by atoms with Gasteiger partial charge in [0.25, 0.3) is 11.8 Å². The summed E-state index contributed by atoms with van der Waals surface area (Å²) in [6.07, 6.45) is 3.19. The topological polar surface area (TPSA) is 99.2 Å². The van der Waals surface area contributed by atoms with Crippen molar-refractivity contribution in [3.8, 4) is 0 Å². The van der Waals surface area contributed by atoms with Crippen molar-refractivity contribution in [2.75, 3.05) is 6.61 Å². The van der Waals surface area contributed by atoms with E-state index in [0.717, 1.165) is 23.9 Å². The molecule has 1 N–H and O–H groups in total. The minimum Gasteiger partial charge on any atom is -0.368 e. The number of nitrogens with zero attached hydrogens (tertiary/aromatic N) is 3. The third-order valence-corrected chi connectivity index (χ3v) is 4.68. The first-order valence-corrected chi connectivity index (χ1v) is 8.85. The fourth-order valence-corrected chi connectivity index (χ4v) is 3.26. The lowest BCUT2D eigenvalue weighted by molar-refractivity contribution is 0.0835. The lowest BCUT2D eigenvalue weighted by atomic mass is 10.1. The summed E-state index contributed by atoms with van der Waals surface area (Å²) in [5.41, 5.74) is 1.53. The molecule has 3 aromatic rings. The summed E-state index contributed by atoms with van der Waals surface area (Å²) in [5, 5.41) is 7.07. The molecule has 3 heterocycles. The van der Waals surface area contributed by atoms with Crippen molar-refractivity contribution in [2.45, 2.75) is 32.4 Å². The van der Waals surface area contributed by atoms with Crippen LogP contribution in [0.4, 0.5) is 0 Å². The van der Waals surface area contributed by atoms with Crippen LogP contribution in [0, 0.1) is 6.92 Å². The molecule has 1 atom stereocenters. The Kier molecular flexibility index (Phi) is 4.49. The van der Waals surface area contributed by atoms with Crippen LogP contribution >= 0.6 is 0 Å². The summed E-state index contributed by atoms with van der Waals surface area (Å²) in [6, 6.07) is 5.60. The molecule has 0 saturated carbocycles. The first kappa shape index (κ1) is 17.4. The molecule has 27 heavy (non-hydrogen) atoms. The van der Waals surface area contributed by atoms with Crippen molar-refractivity contribution >= 4 is 16.8 Å². The number of fused-ring (bicyclic) bond motifs is 1. The van der Waals surface area contributed by atoms with Crippen molar-refractivity contribution in [3.63, 3.8) is 0 Å². The molecule has 1 amide bonds. The Hall–Kier alpha value is -3.00. The van der Waals surface area contributed by atoms with Gasteiger partial charge >= 0.3 is 0 Å². The third kappa shape index (κ3) is 3.35. The predicted molar refractivity (Wildman–Crippen MR) is 97.3 cm³/mol. The number of benzene rings is 1. The van der Waals surface area contributed by atoms with Crippen LogP contribution in [0.1, 0.15) is 46.6 Å². The molecule has 1 fully saturated rings. The molecule has 1 aliphatic rings. The normalized spacial score (nSPS) is 16.7. The molecular formula is C19H20N4O4. The minimum absolute atomic E-state index is 0.0735. The standard InChI is InChI=1S/C19H20N4O4/c1-11-5-6-14-12(8-11)17(24)13(10-23(14)2)18(25)20-9-16-21-19(27-22-16)15-4-3-7-26-15/h5-6,8,10,15H,3-4,7,9H2,1-2H3,(H,20,25)/t15-/m1/s1. The van der Waals surface area contributed by atoms with Gasteiger partial charge in [0.15, 0.2) is 5.82 Å². The summed E-state index contributed by atoms with van der Waals surface area (Å²) in [6.45, 7) is 2.67. The maximum Gasteiger partial charge on any atom is 0.257 e. The number of amides is 1. The fourth-order valence-electron chi connectivity index (χ4n) is 3.26. The van der Waals surface area contributed by atoms with Gasteiger partial charge in [-0.3, -0.25) is 9.59 Å². The van der Waals surface area contributed by atoms with Crippen LogP contribution < -0.4 is 10.7 Å². The Morgan fingerprint density at radius 3 is 3.04 bits per heavy atom. The molecule has 1 saturated heterocycles. The van der Waals surface area contributed by atoms with Gasteiger partial charge in [-0.2, -0.15) is 4.98 Å². The lowest BCUT2D eigenvalue weighted by Crippen LogP contribution is -2.29. The highest BCUT2D eigenvalue weighted by molar-refractivity contribution is 5.97. The quantitative estimate of drug-likeness (QED) is 0.756. The number of aromatic nitrogens is 3. The molecule has 0 bridgehead atoms. The minimum atomic E-state index is -0.470. The van der Waals surface area contributed by atoms with Crippen molar-refractivity contribution in [2.24, 2.45) is 7.05 Å². The molecule has 8 nitrogen and oxygen atoms in total. The largest absolute Gasteiger partial charge is 0.368 e. The Morgan fingerprint density at radius 1 is 1.41 bits per heavy atom. The summed E-state index contributed by atoms with van der Waals surface area (Å²) in [4.78, 5) is 29.5. The van der Waals surface area contributed by atoms with E-state index in [9.17, 15) is 9.59 Å². The molecule has 140 valence electrons. The molecule has 0 radical (unpaired) electrons. The van der Waals surface area contributed by atoms with E-state index in [2.05, 4.69) is 15.5 Å². The van der Waals surface area contributed by atoms with Gasteiger partial charge in [-0.05, 0) is 31.9 Å². The predicted octanol–water partition coefficient (Wildman–Crippen LogP) is 2.01. The fraction of sp³-hybridized carbons (Fsp3) is 0.368. The Bertz CT molecular complexity index is 1060. The SMILES string of the molecule is Cc1ccc2c(c1)c(=O)c(C(=O)NCc1noc([C@H]3CCCO3)n1)cn2C. The summed E-state index contributed by atoms with van der Waals surface area (Å²) in [7, 11) is 1.81. The van der Waals surface area contributed by atoms with Crippen molar-refractivity contribution in [1.82, 2.24) is 20.0 Å². The Balaban J connectivity index is 1.53. The van der Waals surface area contributed by atoms with E-state index in [0.29, 0.717) is 23.7 Å². The highest BCUT2D eigenvalue weighted by Gasteiger charge is 2.24. The third-order valence-electron chi connectivity index (χ3n) is 4.68. The average Bonchev–Trinajstić information content (AvgIpc) is 3.33. The second-order valence-corrected chi connectivity index (χ2v) is 6.74. The zero-order valence-electron chi connectivity index (χ0n) is 15.2. The molecule has 0 unspecified atom stereocenters. The second kappa shape index (κ2) is 6.96. The van der Waals surface area contributed by atoms with Crippen LogP contribution in [-0.2, 0) is 18.3 Å². The number of hydrogen-bond acceptors (Lipinski definition) is 6. The van der Waals surface area contributed by atoms with Gasteiger partial charge < -0.3 is 19.1 Å². The highest BCUT2D eigenvalue weighted by Crippen LogP contribution is 2.26. The van der Waals surface area contributed by atoms with E-state index in [4.69, 9.17) is 9.26 Å². The van der Waals surface area contributed by atoms with Gasteiger partial charge in [0.1, 0.15) is 11.7 Å². The molecule has 1 aliphatic heterocycles. The molecule has 4 rings (SSSR count). The number of nitrogens with one attached hydrogen (secondary N) is 1. The second-order valence-electron chi connectivity index (χ2n) is 6.74. The maximum absolute atomic E-state index is 12.7. The van der Waals surface area contributed by atoms with E-state index in [-0.39, 0.29) is 23.6 Å². The van der Waals surface area contributed by atoms with Crippen LogP contribution in [0.15, 0.2) is 33.7 Å². The van der Waals surface area contributed by atoms with Crippen molar-refractivity contribution in [3.05, 3.63) is 57.5 Å². The van der Waals surface area contributed by atoms with Crippen LogP contribution in [0.2, 0.25) is 0 Å². The monoisotopic (exact) mass is 368 g/mol. The van der Waals surface area contributed by atoms with Crippen molar-refractivity contribution in [1.29, 1.82) is 0 Å². The maximum atomic E-state index is 12.7. The smallest absolute Gasteiger partial charge is 0.257 e. The lowest BCUT2D eigenvalue weighted by Gasteiger charge is -2.09. The highest BCUT2D eigenvalue weighted by atomic mass is 16.5. The number of carbonyl (C=O) groups is 1. The summed E-state index contributed by atoms with van der Waals surface area (Å²) in [5.74, 6) is 0.304. The van der Waals surface area contributed by atoms with E-state index >= 15 is 0 Å².